The molecule has 1 atom stereocenters. The second kappa shape index (κ2) is 6.53. The van der Waals surface area contributed by atoms with Gasteiger partial charge < -0.3 is 5.32 Å². The largest absolute Gasteiger partial charge is 0.311 e. The SMILES string of the molecule is CCc1nc(CSC(C)CC)nc2c1CCNC2. The number of fused-ring (bicyclic) bond motifs is 1. The zero-order valence-corrected chi connectivity index (χ0v) is 12.4. The molecule has 0 saturated carbocycles. The Morgan fingerprint density at radius 2 is 2.17 bits per heavy atom. The monoisotopic (exact) mass is 265 g/mol. The standard InChI is InChI=1S/C14H23N3S/c1-4-10(3)18-9-14-16-12(5-2)11-6-7-15-8-13(11)17-14/h10,15H,4-9H2,1-3H3. The number of aryl methyl sites for hydroxylation is 1. The molecule has 2 heterocycles. The van der Waals surface area contributed by atoms with Crippen molar-refractivity contribution in [2.75, 3.05) is 6.54 Å². The maximum Gasteiger partial charge on any atom is 0.138 e. The third-order valence-corrected chi connectivity index (χ3v) is 4.80. The molecule has 1 unspecified atom stereocenters. The van der Waals surface area contributed by atoms with Gasteiger partial charge in [0.15, 0.2) is 0 Å². The van der Waals surface area contributed by atoms with E-state index in [0.717, 1.165) is 37.5 Å². The van der Waals surface area contributed by atoms with E-state index in [1.165, 1.54) is 23.4 Å². The molecular weight excluding hydrogens is 242 g/mol. The number of nitrogens with zero attached hydrogens (tertiary/aromatic N) is 2. The Kier molecular flexibility index (Phi) is 5.01. The molecule has 0 saturated heterocycles. The average Bonchev–Trinajstić information content (AvgIpc) is 2.43. The summed E-state index contributed by atoms with van der Waals surface area (Å²) in [5, 5.41) is 4.09. The van der Waals surface area contributed by atoms with Gasteiger partial charge in [-0.1, -0.05) is 20.8 Å². The Morgan fingerprint density at radius 1 is 1.33 bits per heavy atom. The molecule has 0 aromatic carbocycles. The number of rotatable bonds is 5. The van der Waals surface area contributed by atoms with Crippen LogP contribution in [0, 0.1) is 0 Å². The van der Waals surface area contributed by atoms with Crippen molar-refractivity contribution in [3.05, 3.63) is 22.8 Å². The first-order chi connectivity index (χ1) is 8.74. The highest BCUT2D eigenvalue weighted by Crippen LogP contribution is 2.21. The summed E-state index contributed by atoms with van der Waals surface area (Å²) in [6, 6.07) is 0. The normalized spacial score (nSPS) is 16.4. The van der Waals surface area contributed by atoms with Crippen molar-refractivity contribution in [2.24, 2.45) is 0 Å². The summed E-state index contributed by atoms with van der Waals surface area (Å²) >= 11 is 1.95. The highest BCUT2D eigenvalue weighted by Gasteiger charge is 2.16. The lowest BCUT2D eigenvalue weighted by atomic mass is 10.0. The van der Waals surface area contributed by atoms with Gasteiger partial charge in [-0.3, -0.25) is 0 Å². The van der Waals surface area contributed by atoms with E-state index in [-0.39, 0.29) is 0 Å². The molecule has 1 aliphatic heterocycles. The molecule has 0 fully saturated rings. The van der Waals surface area contributed by atoms with E-state index >= 15 is 0 Å². The van der Waals surface area contributed by atoms with Crippen LogP contribution in [0.5, 0.6) is 0 Å². The van der Waals surface area contributed by atoms with Crippen molar-refractivity contribution < 1.29 is 0 Å². The topological polar surface area (TPSA) is 37.8 Å². The van der Waals surface area contributed by atoms with Gasteiger partial charge in [-0.05, 0) is 31.4 Å². The number of aromatic nitrogens is 2. The Bertz CT molecular complexity index is 389. The molecule has 1 aliphatic rings. The zero-order chi connectivity index (χ0) is 13.0. The van der Waals surface area contributed by atoms with Crippen LogP contribution in [-0.4, -0.2) is 21.8 Å². The summed E-state index contributed by atoms with van der Waals surface area (Å²) in [7, 11) is 0. The molecule has 0 amide bonds. The highest BCUT2D eigenvalue weighted by molar-refractivity contribution is 7.99. The molecule has 1 aromatic rings. The molecule has 1 aromatic heterocycles. The average molecular weight is 265 g/mol. The van der Waals surface area contributed by atoms with E-state index in [0.29, 0.717) is 5.25 Å². The Hall–Kier alpha value is -0.610. The number of nitrogens with one attached hydrogen (secondary N) is 1. The van der Waals surface area contributed by atoms with Crippen LogP contribution in [0.2, 0.25) is 0 Å². The van der Waals surface area contributed by atoms with E-state index in [9.17, 15) is 0 Å². The van der Waals surface area contributed by atoms with Crippen molar-refractivity contribution in [2.45, 2.75) is 57.6 Å². The molecule has 0 bridgehead atoms. The van der Waals surface area contributed by atoms with E-state index in [2.05, 4.69) is 26.1 Å². The predicted octanol–water partition coefficient (Wildman–Crippen LogP) is 2.72. The maximum absolute atomic E-state index is 4.75. The van der Waals surface area contributed by atoms with Crippen LogP contribution in [-0.2, 0) is 25.1 Å². The number of hydrogen-bond donors (Lipinski definition) is 1. The molecular formula is C14H23N3S. The Morgan fingerprint density at radius 3 is 2.89 bits per heavy atom. The summed E-state index contributed by atoms with van der Waals surface area (Å²) in [6.07, 6.45) is 3.31. The summed E-state index contributed by atoms with van der Waals surface area (Å²) in [6.45, 7) is 8.66. The maximum atomic E-state index is 4.75. The molecule has 2 rings (SSSR count). The Balaban J connectivity index is 2.16. The van der Waals surface area contributed by atoms with Crippen LogP contribution < -0.4 is 5.32 Å². The first-order valence-corrected chi connectivity index (χ1v) is 7.99. The van der Waals surface area contributed by atoms with Gasteiger partial charge in [-0.25, -0.2) is 9.97 Å². The van der Waals surface area contributed by atoms with Crippen molar-refractivity contribution in [3.8, 4) is 0 Å². The summed E-state index contributed by atoms with van der Waals surface area (Å²) in [5.74, 6) is 1.95. The van der Waals surface area contributed by atoms with E-state index in [4.69, 9.17) is 9.97 Å². The van der Waals surface area contributed by atoms with Crippen molar-refractivity contribution in [1.82, 2.24) is 15.3 Å². The van der Waals surface area contributed by atoms with Gasteiger partial charge in [0.2, 0.25) is 0 Å². The zero-order valence-electron chi connectivity index (χ0n) is 11.6. The van der Waals surface area contributed by atoms with Crippen LogP contribution in [0.4, 0.5) is 0 Å². The van der Waals surface area contributed by atoms with Crippen LogP contribution in [0.25, 0.3) is 0 Å². The third-order valence-electron chi connectivity index (χ3n) is 3.48. The second-order valence-electron chi connectivity index (χ2n) is 4.82. The third kappa shape index (κ3) is 3.23. The lowest BCUT2D eigenvalue weighted by molar-refractivity contribution is 0.611. The summed E-state index contributed by atoms with van der Waals surface area (Å²) in [5.41, 5.74) is 3.89. The molecule has 0 aliphatic carbocycles. The molecule has 1 N–H and O–H groups in total. The van der Waals surface area contributed by atoms with Crippen molar-refractivity contribution in [1.29, 1.82) is 0 Å². The molecule has 3 nitrogen and oxygen atoms in total. The van der Waals surface area contributed by atoms with E-state index in [1.807, 2.05) is 11.8 Å². The van der Waals surface area contributed by atoms with E-state index in [1.54, 1.807) is 0 Å². The molecule has 4 heteroatoms. The van der Waals surface area contributed by atoms with Gasteiger partial charge in [-0.15, -0.1) is 0 Å². The first kappa shape index (κ1) is 13.8. The second-order valence-corrected chi connectivity index (χ2v) is 6.25. The minimum Gasteiger partial charge on any atom is -0.311 e. The minimum absolute atomic E-state index is 0.688. The lowest BCUT2D eigenvalue weighted by Crippen LogP contribution is -2.27. The fourth-order valence-electron chi connectivity index (χ4n) is 2.18. The predicted molar refractivity (Wildman–Crippen MR) is 77.9 cm³/mol. The quantitative estimate of drug-likeness (QED) is 0.888. The van der Waals surface area contributed by atoms with Crippen molar-refractivity contribution >= 4 is 11.8 Å². The number of hydrogen-bond acceptors (Lipinski definition) is 4. The lowest BCUT2D eigenvalue weighted by Gasteiger charge is -2.19. The van der Waals surface area contributed by atoms with Gasteiger partial charge in [0, 0.05) is 17.5 Å². The van der Waals surface area contributed by atoms with Crippen LogP contribution in [0.15, 0.2) is 0 Å². The fraction of sp³-hybridized carbons (Fsp3) is 0.714. The van der Waals surface area contributed by atoms with Crippen LogP contribution >= 0.6 is 11.8 Å². The van der Waals surface area contributed by atoms with E-state index < -0.39 is 0 Å². The highest BCUT2D eigenvalue weighted by atomic mass is 32.2. The smallest absolute Gasteiger partial charge is 0.138 e. The molecule has 100 valence electrons. The van der Waals surface area contributed by atoms with Gasteiger partial charge >= 0.3 is 0 Å². The fourth-order valence-corrected chi connectivity index (χ4v) is 2.98. The van der Waals surface area contributed by atoms with Gasteiger partial charge in [0.1, 0.15) is 5.82 Å². The van der Waals surface area contributed by atoms with Gasteiger partial charge in [-0.2, -0.15) is 11.8 Å². The minimum atomic E-state index is 0.688. The van der Waals surface area contributed by atoms with Crippen LogP contribution in [0.1, 0.15) is 50.0 Å². The molecule has 0 radical (unpaired) electrons. The van der Waals surface area contributed by atoms with Gasteiger partial charge in [0.25, 0.3) is 0 Å². The molecule has 18 heavy (non-hydrogen) atoms. The summed E-state index contributed by atoms with van der Waals surface area (Å²) < 4.78 is 0. The number of thioether (sulfide) groups is 1. The van der Waals surface area contributed by atoms with Crippen molar-refractivity contribution in [3.63, 3.8) is 0 Å². The first-order valence-electron chi connectivity index (χ1n) is 6.94. The van der Waals surface area contributed by atoms with Crippen LogP contribution in [0.3, 0.4) is 0 Å². The molecule has 0 spiro atoms. The Labute approximate surface area is 114 Å². The van der Waals surface area contributed by atoms with Gasteiger partial charge in [0.05, 0.1) is 11.4 Å². The summed E-state index contributed by atoms with van der Waals surface area (Å²) in [4.78, 5) is 9.48.